The maximum Gasteiger partial charge on any atom is 0.252 e. The molecule has 2 heteroatoms. The molecule has 1 N–H and O–H groups in total. The van der Waals surface area contributed by atoms with Gasteiger partial charge in [-0.1, -0.05) is 48.2 Å². The third kappa shape index (κ3) is 3.72. The molecule has 0 saturated carbocycles. The Labute approximate surface area is 113 Å². The Bertz CT molecular complexity index is 620. The van der Waals surface area contributed by atoms with Gasteiger partial charge < -0.3 is 5.32 Å². The lowest BCUT2D eigenvalue weighted by Gasteiger charge is -2.04. The van der Waals surface area contributed by atoms with Crippen LogP contribution in [0.5, 0.6) is 0 Å². The molecule has 94 valence electrons. The Kier molecular flexibility index (Phi) is 4.36. The molecular weight excluding hydrogens is 234 g/mol. The van der Waals surface area contributed by atoms with Gasteiger partial charge in [-0.25, -0.2) is 0 Å². The second-order valence-corrected chi connectivity index (χ2v) is 4.17. The predicted octanol–water partition coefficient (Wildman–Crippen LogP) is 2.78. The Hall–Kier alpha value is -2.53. The van der Waals surface area contributed by atoms with E-state index in [1.165, 1.54) is 0 Å². The first kappa shape index (κ1) is 12.9. The molecule has 0 aliphatic heterocycles. The molecule has 0 bridgehead atoms. The van der Waals surface area contributed by atoms with Gasteiger partial charge in [0, 0.05) is 11.1 Å². The van der Waals surface area contributed by atoms with Gasteiger partial charge in [0.2, 0.25) is 0 Å². The summed E-state index contributed by atoms with van der Waals surface area (Å²) in [6.45, 7) is 2.27. The van der Waals surface area contributed by atoms with Crippen molar-refractivity contribution in [2.75, 3.05) is 6.54 Å². The quantitative estimate of drug-likeness (QED) is 0.815. The molecule has 0 atom stereocenters. The average Bonchev–Trinajstić information content (AvgIpc) is 2.45. The SMILES string of the molecule is Cc1ccccc1C(=O)NCC#Cc1ccccc1. The van der Waals surface area contributed by atoms with Crippen LogP contribution >= 0.6 is 0 Å². The lowest BCUT2D eigenvalue weighted by Crippen LogP contribution is -2.24. The normalized spacial score (nSPS) is 9.32. The molecule has 0 spiro atoms. The minimum absolute atomic E-state index is 0.0829. The number of carbonyl (C=O) groups is 1. The highest BCUT2D eigenvalue weighted by molar-refractivity contribution is 5.95. The smallest absolute Gasteiger partial charge is 0.252 e. The van der Waals surface area contributed by atoms with Crippen molar-refractivity contribution in [3.8, 4) is 11.8 Å². The molecule has 0 aromatic heterocycles. The van der Waals surface area contributed by atoms with Gasteiger partial charge >= 0.3 is 0 Å². The molecular formula is C17H15NO. The Morgan fingerprint density at radius 3 is 2.47 bits per heavy atom. The van der Waals surface area contributed by atoms with E-state index in [1.54, 1.807) is 0 Å². The first-order valence-electron chi connectivity index (χ1n) is 6.15. The number of hydrogen-bond acceptors (Lipinski definition) is 1. The van der Waals surface area contributed by atoms with Crippen LogP contribution in [0.25, 0.3) is 0 Å². The van der Waals surface area contributed by atoms with E-state index >= 15 is 0 Å². The maximum atomic E-state index is 11.9. The van der Waals surface area contributed by atoms with Crippen LogP contribution in [0, 0.1) is 18.8 Å². The minimum Gasteiger partial charge on any atom is -0.341 e. The predicted molar refractivity (Wildman–Crippen MR) is 76.8 cm³/mol. The van der Waals surface area contributed by atoms with E-state index in [1.807, 2.05) is 61.5 Å². The van der Waals surface area contributed by atoms with Gasteiger partial charge in [0.15, 0.2) is 0 Å². The fourth-order valence-electron chi connectivity index (χ4n) is 1.72. The monoisotopic (exact) mass is 249 g/mol. The second-order valence-electron chi connectivity index (χ2n) is 4.17. The Morgan fingerprint density at radius 1 is 1.05 bits per heavy atom. The van der Waals surface area contributed by atoms with E-state index in [4.69, 9.17) is 0 Å². The van der Waals surface area contributed by atoms with Gasteiger partial charge in [-0.05, 0) is 30.7 Å². The number of benzene rings is 2. The van der Waals surface area contributed by atoms with Gasteiger partial charge in [0.1, 0.15) is 0 Å². The first-order chi connectivity index (χ1) is 9.27. The van der Waals surface area contributed by atoms with Crippen LogP contribution in [0.2, 0.25) is 0 Å². The van der Waals surface area contributed by atoms with Crippen LogP contribution in [0.4, 0.5) is 0 Å². The fourth-order valence-corrected chi connectivity index (χ4v) is 1.72. The summed E-state index contributed by atoms with van der Waals surface area (Å²) in [4.78, 5) is 11.9. The Morgan fingerprint density at radius 2 is 1.74 bits per heavy atom. The van der Waals surface area contributed by atoms with Gasteiger partial charge in [0.05, 0.1) is 6.54 Å². The number of aryl methyl sites for hydroxylation is 1. The lowest BCUT2D eigenvalue weighted by atomic mass is 10.1. The van der Waals surface area contributed by atoms with Crippen molar-refractivity contribution in [2.45, 2.75) is 6.92 Å². The van der Waals surface area contributed by atoms with E-state index in [0.717, 1.165) is 11.1 Å². The van der Waals surface area contributed by atoms with E-state index < -0.39 is 0 Å². The molecule has 0 fully saturated rings. The third-order valence-corrected chi connectivity index (χ3v) is 2.73. The zero-order chi connectivity index (χ0) is 13.5. The van der Waals surface area contributed by atoms with Gasteiger partial charge in [-0.2, -0.15) is 0 Å². The highest BCUT2D eigenvalue weighted by Gasteiger charge is 2.05. The molecule has 0 aliphatic carbocycles. The summed E-state index contributed by atoms with van der Waals surface area (Å²) in [5.41, 5.74) is 2.62. The van der Waals surface area contributed by atoms with Crippen molar-refractivity contribution in [1.82, 2.24) is 5.32 Å². The highest BCUT2D eigenvalue weighted by atomic mass is 16.1. The fraction of sp³-hybridized carbons (Fsp3) is 0.118. The molecule has 2 rings (SSSR count). The van der Waals surface area contributed by atoms with Gasteiger partial charge in [0.25, 0.3) is 5.91 Å². The van der Waals surface area contributed by atoms with Crippen LogP contribution in [0.3, 0.4) is 0 Å². The summed E-state index contributed by atoms with van der Waals surface area (Å²) >= 11 is 0. The van der Waals surface area contributed by atoms with Crippen LogP contribution < -0.4 is 5.32 Å². The van der Waals surface area contributed by atoms with Crippen molar-refractivity contribution >= 4 is 5.91 Å². The molecule has 1 amide bonds. The van der Waals surface area contributed by atoms with Crippen LogP contribution in [0.1, 0.15) is 21.5 Å². The van der Waals surface area contributed by atoms with Crippen LogP contribution in [0.15, 0.2) is 54.6 Å². The van der Waals surface area contributed by atoms with Gasteiger partial charge in [-0.15, -0.1) is 0 Å². The maximum absolute atomic E-state index is 11.9. The van der Waals surface area contributed by atoms with Crippen LogP contribution in [-0.2, 0) is 0 Å². The summed E-state index contributed by atoms with van der Waals surface area (Å²) in [7, 11) is 0. The van der Waals surface area contributed by atoms with Crippen molar-refractivity contribution in [3.63, 3.8) is 0 Å². The number of amides is 1. The van der Waals surface area contributed by atoms with E-state index in [2.05, 4.69) is 17.2 Å². The number of nitrogens with one attached hydrogen (secondary N) is 1. The van der Waals surface area contributed by atoms with Gasteiger partial charge in [-0.3, -0.25) is 4.79 Å². The van der Waals surface area contributed by atoms with E-state index in [-0.39, 0.29) is 5.91 Å². The summed E-state index contributed by atoms with van der Waals surface area (Å²) in [5, 5.41) is 2.80. The number of rotatable bonds is 2. The molecule has 2 nitrogen and oxygen atoms in total. The van der Waals surface area contributed by atoms with Crippen molar-refractivity contribution in [3.05, 3.63) is 71.3 Å². The highest BCUT2D eigenvalue weighted by Crippen LogP contribution is 2.05. The zero-order valence-corrected chi connectivity index (χ0v) is 10.8. The molecule has 0 aliphatic rings. The summed E-state index contributed by atoms with van der Waals surface area (Å²) in [6.07, 6.45) is 0. The second kappa shape index (κ2) is 6.42. The van der Waals surface area contributed by atoms with Crippen molar-refractivity contribution in [1.29, 1.82) is 0 Å². The number of hydrogen-bond donors (Lipinski definition) is 1. The average molecular weight is 249 g/mol. The topological polar surface area (TPSA) is 29.1 Å². The van der Waals surface area contributed by atoms with E-state index in [0.29, 0.717) is 12.1 Å². The molecule has 19 heavy (non-hydrogen) atoms. The largest absolute Gasteiger partial charge is 0.341 e. The molecule has 2 aromatic carbocycles. The standard InChI is InChI=1S/C17H15NO/c1-14-8-5-6-12-16(14)17(19)18-13-7-11-15-9-3-2-4-10-15/h2-6,8-10,12H,13H2,1H3,(H,18,19). The van der Waals surface area contributed by atoms with E-state index in [9.17, 15) is 4.79 Å². The third-order valence-electron chi connectivity index (χ3n) is 2.73. The van der Waals surface area contributed by atoms with Crippen molar-refractivity contribution in [2.24, 2.45) is 0 Å². The zero-order valence-electron chi connectivity index (χ0n) is 10.8. The molecule has 0 unspecified atom stereocenters. The summed E-state index contributed by atoms with van der Waals surface area (Å²) in [5.74, 6) is 5.86. The molecule has 0 radical (unpaired) electrons. The summed E-state index contributed by atoms with van der Waals surface area (Å²) < 4.78 is 0. The van der Waals surface area contributed by atoms with Crippen LogP contribution in [-0.4, -0.2) is 12.5 Å². The summed E-state index contributed by atoms with van der Waals surface area (Å²) in [6, 6.07) is 17.2. The molecule has 2 aromatic rings. The Balaban J connectivity index is 1.92. The molecule has 0 saturated heterocycles. The lowest BCUT2D eigenvalue weighted by molar-refractivity contribution is 0.0958. The van der Waals surface area contributed by atoms with Crippen molar-refractivity contribution < 1.29 is 4.79 Å². The number of carbonyl (C=O) groups excluding carboxylic acids is 1. The first-order valence-corrected chi connectivity index (χ1v) is 6.15. The molecule has 0 heterocycles. The minimum atomic E-state index is -0.0829.